The fraction of sp³-hybridized carbons (Fsp3) is 0.381. The normalized spacial score (nSPS) is 25.5. The largest absolute Gasteiger partial charge is 0.480 e. The topological polar surface area (TPSA) is 101 Å². The molecule has 1 amide bonds. The second kappa shape index (κ2) is 7.14. The van der Waals surface area contributed by atoms with Crippen LogP contribution in [0.25, 0.3) is 0 Å². The van der Waals surface area contributed by atoms with E-state index in [2.05, 4.69) is 0 Å². The molecule has 0 radical (unpaired) electrons. The molecule has 1 aliphatic heterocycles. The van der Waals surface area contributed by atoms with Gasteiger partial charge in [-0.3, -0.25) is 9.59 Å². The van der Waals surface area contributed by atoms with Crippen LogP contribution in [0.5, 0.6) is 0 Å². The molecule has 2 heterocycles. The molecule has 4 atom stereocenters. The number of rotatable bonds is 5. The van der Waals surface area contributed by atoms with Crippen LogP contribution in [0.15, 0.2) is 41.1 Å². The minimum atomic E-state index is -1.69. The van der Waals surface area contributed by atoms with Gasteiger partial charge in [-0.25, -0.2) is 0 Å². The first-order valence-corrected chi connectivity index (χ1v) is 10.3. The van der Waals surface area contributed by atoms with Crippen LogP contribution in [-0.4, -0.2) is 34.8 Å². The first kappa shape index (κ1) is 18.8. The second-order valence-corrected chi connectivity index (χ2v) is 8.38. The number of nitrogens with two attached hydrogens (primary N) is 1. The molecule has 4 unspecified atom stereocenters. The van der Waals surface area contributed by atoms with Crippen molar-refractivity contribution in [2.45, 2.75) is 43.2 Å². The van der Waals surface area contributed by atoms with E-state index in [1.165, 1.54) is 11.3 Å². The molecule has 1 aliphatic carbocycles. The summed E-state index contributed by atoms with van der Waals surface area (Å²) in [4.78, 5) is 38.6. The van der Waals surface area contributed by atoms with Gasteiger partial charge in [-0.2, -0.15) is 11.3 Å². The van der Waals surface area contributed by atoms with E-state index in [4.69, 9.17) is 5.73 Å². The van der Waals surface area contributed by atoms with E-state index in [1.54, 1.807) is 0 Å². The van der Waals surface area contributed by atoms with Crippen LogP contribution < -0.4 is 10.6 Å². The Morgan fingerprint density at radius 3 is 2.75 bits per heavy atom. The molecule has 6 nitrogen and oxygen atoms in total. The molecule has 4 rings (SSSR count). The highest BCUT2D eigenvalue weighted by Crippen LogP contribution is 2.53. The molecule has 7 heteroatoms. The Labute approximate surface area is 167 Å². The van der Waals surface area contributed by atoms with E-state index < -0.39 is 17.4 Å². The summed E-state index contributed by atoms with van der Waals surface area (Å²) in [7, 11) is 0. The predicted octanol–water partition coefficient (Wildman–Crippen LogP) is 3.03. The molecule has 3 N–H and O–H groups in total. The molecule has 2 aromatic rings. The van der Waals surface area contributed by atoms with Crippen LogP contribution >= 0.6 is 11.3 Å². The average Bonchev–Trinajstić information content (AvgIpc) is 3.37. The van der Waals surface area contributed by atoms with E-state index in [9.17, 15) is 19.5 Å². The quantitative estimate of drug-likeness (QED) is 0.754. The molecule has 1 aromatic heterocycles. The maximum atomic E-state index is 13.3. The summed E-state index contributed by atoms with van der Waals surface area (Å²) in [6, 6.07) is 9.06. The molecule has 0 spiro atoms. The molecule has 0 bridgehead atoms. The fourth-order valence-corrected chi connectivity index (χ4v) is 5.62. The van der Waals surface area contributed by atoms with Crippen molar-refractivity contribution >= 4 is 35.2 Å². The third-order valence-electron chi connectivity index (χ3n) is 6.18. The van der Waals surface area contributed by atoms with Crippen molar-refractivity contribution in [2.24, 2.45) is 11.7 Å². The maximum Gasteiger partial charge on any atom is 0.324 e. The lowest BCUT2D eigenvalue weighted by Gasteiger charge is -2.48. The van der Waals surface area contributed by atoms with Crippen molar-refractivity contribution < 1.29 is 19.5 Å². The van der Waals surface area contributed by atoms with Crippen LogP contribution in [0.1, 0.15) is 47.5 Å². The summed E-state index contributed by atoms with van der Waals surface area (Å²) in [6.45, 7) is 0. The number of benzene rings is 1. The number of thiophene rings is 1. The second-order valence-electron chi connectivity index (χ2n) is 7.60. The smallest absolute Gasteiger partial charge is 0.324 e. The molecule has 0 saturated heterocycles. The van der Waals surface area contributed by atoms with Gasteiger partial charge in [0.15, 0.2) is 0 Å². The van der Waals surface area contributed by atoms with Gasteiger partial charge in [0.05, 0.1) is 5.56 Å². The minimum Gasteiger partial charge on any atom is -0.480 e. The number of anilines is 1. The number of carbonyl (C=O) groups excluding carboxylic acids is 2. The van der Waals surface area contributed by atoms with Gasteiger partial charge < -0.3 is 20.5 Å². The number of carbonyl (C=O) groups is 3. The molecule has 1 saturated carbocycles. The Morgan fingerprint density at radius 1 is 1.29 bits per heavy atom. The van der Waals surface area contributed by atoms with Crippen LogP contribution in [0, 0.1) is 5.92 Å². The summed E-state index contributed by atoms with van der Waals surface area (Å²) < 4.78 is 0. The molecule has 1 aromatic carbocycles. The van der Waals surface area contributed by atoms with Gasteiger partial charge in [0, 0.05) is 29.4 Å². The van der Waals surface area contributed by atoms with Crippen LogP contribution in [0.4, 0.5) is 5.69 Å². The first-order valence-electron chi connectivity index (χ1n) is 9.39. The standard InChI is InChI=1S/C21H22N2O4S/c22-21(9-10-24,20(26)27)18-14-4-1-2-6-16(14)23(17-7-3-5-15(17)18)19(25)13-8-11-28-12-13/h1-2,4,6,8,10-12,15,17-18H,3,5,7,9,22H2,(H,26,27). The van der Waals surface area contributed by atoms with E-state index in [-0.39, 0.29) is 24.3 Å². The van der Waals surface area contributed by atoms with Crippen molar-refractivity contribution in [3.05, 3.63) is 52.2 Å². The number of amides is 1. The van der Waals surface area contributed by atoms with Crippen molar-refractivity contribution in [3.8, 4) is 0 Å². The highest BCUT2D eigenvalue weighted by Gasteiger charge is 2.55. The fourth-order valence-electron chi connectivity index (χ4n) is 4.99. The molecular weight excluding hydrogens is 376 g/mol. The Bertz CT molecular complexity index is 913. The van der Waals surface area contributed by atoms with Gasteiger partial charge in [0.1, 0.15) is 11.8 Å². The van der Waals surface area contributed by atoms with Crippen LogP contribution in [-0.2, 0) is 9.59 Å². The SMILES string of the molecule is NC(CC=O)(C(=O)O)C1c2ccccc2N(C(=O)c2ccsc2)C2CCCC21. The number of nitrogens with zero attached hydrogens (tertiary/aromatic N) is 1. The highest BCUT2D eigenvalue weighted by atomic mass is 32.1. The molecule has 1 fully saturated rings. The number of carboxylic acids is 1. The third kappa shape index (κ3) is 2.77. The van der Waals surface area contributed by atoms with E-state index in [1.807, 2.05) is 46.0 Å². The summed E-state index contributed by atoms with van der Waals surface area (Å²) >= 11 is 1.47. The minimum absolute atomic E-state index is 0.0719. The number of hydrogen-bond donors (Lipinski definition) is 2. The summed E-state index contributed by atoms with van der Waals surface area (Å²) in [5.41, 5.74) is 6.76. The van der Waals surface area contributed by atoms with Gasteiger partial charge in [0.2, 0.25) is 0 Å². The number of para-hydroxylation sites is 1. The predicted molar refractivity (Wildman–Crippen MR) is 107 cm³/mol. The van der Waals surface area contributed by atoms with Gasteiger partial charge >= 0.3 is 5.97 Å². The monoisotopic (exact) mass is 398 g/mol. The molecule has 28 heavy (non-hydrogen) atoms. The molecule has 2 aliphatic rings. The Balaban J connectivity index is 1.89. The number of fused-ring (bicyclic) bond motifs is 2. The summed E-state index contributed by atoms with van der Waals surface area (Å²) in [5, 5.41) is 13.6. The van der Waals surface area contributed by atoms with E-state index >= 15 is 0 Å². The lowest BCUT2D eigenvalue weighted by Crippen LogP contribution is -2.60. The van der Waals surface area contributed by atoms with Crippen LogP contribution in [0.3, 0.4) is 0 Å². The zero-order chi connectivity index (χ0) is 19.9. The Hall–Kier alpha value is -2.51. The molecular formula is C21H22N2O4S. The van der Waals surface area contributed by atoms with Gasteiger partial charge in [-0.15, -0.1) is 0 Å². The lowest BCUT2D eigenvalue weighted by atomic mass is 9.66. The van der Waals surface area contributed by atoms with E-state index in [0.717, 1.165) is 24.8 Å². The Kier molecular flexibility index (Phi) is 4.81. The van der Waals surface area contributed by atoms with Crippen molar-refractivity contribution in [3.63, 3.8) is 0 Å². The highest BCUT2D eigenvalue weighted by molar-refractivity contribution is 7.08. The number of hydrogen-bond acceptors (Lipinski definition) is 5. The summed E-state index contributed by atoms with van der Waals surface area (Å²) in [5.74, 6) is -1.87. The maximum absolute atomic E-state index is 13.3. The van der Waals surface area contributed by atoms with Crippen molar-refractivity contribution in [1.82, 2.24) is 0 Å². The number of carboxylic acid groups (broad SMARTS) is 1. The van der Waals surface area contributed by atoms with Gasteiger partial charge in [0.25, 0.3) is 5.91 Å². The number of aliphatic carboxylic acids is 1. The van der Waals surface area contributed by atoms with Crippen molar-refractivity contribution in [1.29, 1.82) is 0 Å². The van der Waals surface area contributed by atoms with Gasteiger partial charge in [-0.05, 0) is 41.8 Å². The Morgan fingerprint density at radius 2 is 2.07 bits per heavy atom. The molecule has 146 valence electrons. The average molecular weight is 398 g/mol. The van der Waals surface area contributed by atoms with E-state index in [0.29, 0.717) is 17.5 Å². The first-order chi connectivity index (χ1) is 13.5. The van der Waals surface area contributed by atoms with Crippen LogP contribution in [0.2, 0.25) is 0 Å². The zero-order valence-electron chi connectivity index (χ0n) is 15.3. The number of aldehydes is 1. The van der Waals surface area contributed by atoms with Crippen molar-refractivity contribution in [2.75, 3.05) is 4.90 Å². The van der Waals surface area contributed by atoms with Gasteiger partial charge in [-0.1, -0.05) is 24.6 Å². The lowest BCUT2D eigenvalue weighted by molar-refractivity contribution is -0.146. The summed E-state index contributed by atoms with van der Waals surface area (Å²) in [6.07, 6.45) is 2.79. The third-order valence-corrected chi connectivity index (χ3v) is 6.87. The zero-order valence-corrected chi connectivity index (χ0v) is 16.1.